The summed E-state index contributed by atoms with van der Waals surface area (Å²) in [5, 5.41) is 6.32. The summed E-state index contributed by atoms with van der Waals surface area (Å²) in [6.07, 6.45) is 0. The Balaban J connectivity index is 1.60. The Bertz CT molecular complexity index is 858. The number of hydrogen-bond acceptors (Lipinski definition) is 5. The quantitative estimate of drug-likeness (QED) is 0.779. The lowest BCUT2D eigenvalue weighted by Crippen LogP contribution is -2.21. The molecule has 1 aromatic heterocycles. The summed E-state index contributed by atoms with van der Waals surface area (Å²) in [6, 6.07) is 15.2. The lowest BCUT2D eigenvalue weighted by Gasteiger charge is -2.07. The van der Waals surface area contributed by atoms with Gasteiger partial charge < -0.3 is 9.26 Å². The van der Waals surface area contributed by atoms with Crippen molar-refractivity contribution in [2.45, 2.75) is 13.8 Å². The van der Waals surface area contributed by atoms with E-state index in [1.54, 1.807) is 0 Å². The highest BCUT2D eigenvalue weighted by atomic mass is 16.5. The number of para-hydroxylation sites is 1. The molecule has 0 aliphatic rings. The second kappa shape index (κ2) is 6.95. The Morgan fingerprint density at radius 3 is 2.79 bits per heavy atom. The molecule has 122 valence electrons. The van der Waals surface area contributed by atoms with Crippen molar-refractivity contribution in [1.29, 1.82) is 0 Å². The fourth-order valence-electron chi connectivity index (χ4n) is 2.19. The standard InChI is InChI=1S/C18H17N3O3/c1-12-6-5-8-14(10-12)17-20-18(21-24-17)19-16(22)11-23-15-9-4-3-7-13(15)2/h3-10H,11H2,1-2H3,(H,19,21,22). The predicted molar refractivity (Wildman–Crippen MR) is 89.8 cm³/mol. The molecule has 2 aromatic carbocycles. The van der Waals surface area contributed by atoms with Crippen molar-refractivity contribution in [2.24, 2.45) is 0 Å². The van der Waals surface area contributed by atoms with Crippen LogP contribution in [0.2, 0.25) is 0 Å². The molecule has 0 aliphatic carbocycles. The zero-order valence-electron chi connectivity index (χ0n) is 13.4. The van der Waals surface area contributed by atoms with Crippen LogP contribution in [0.5, 0.6) is 5.75 Å². The SMILES string of the molecule is Cc1cccc(-c2nc(NC(=O)COc3ccccc3C)no2)c1. The van der Waals surface area contributed by atoms with Gasteiger partial charge in [-0.15, -0.1) is 0 Å². The van der Waals surface area contributed by atoms with Crippen LogP contribution in [-0.4, -0.2) is 22.7 Å². The van der Waals surface area contributed by atoms with Crippen molar-refractivity contribution in [3.05, 3.63) is 59.7 Å². The molecule has 0 unspecified atom stereocenters. The molecule has 0 spiro atoms. The minimum absolute atomic E-state index is 0.116. The highest BCUT2D eigenvalue weighted by Crippen LogP contribution is 2.20. The van der Waals surface area contributed by atoms with E-state index in [9.17, 15) is 4.79 Å². The van der Waals surface area contributed by atoms with E-state index in [0.717, 1.165) is 16.7 Å². The lowest BCUT2D eigenvalue weighted by molar-refractivity contribution is -0.118. The molecule has 0 saturated heterocycles. The molecule has 3 rings (SSSR count). The second-order valence-corrected chi connectivity index (χ2v) is 5.39. The maximum Gasteiger partial charge on any atom is 0.270 e. The molecule has 1 amide bonds. The van der Waals surface area contributed by atoms with Crippen LogP contribution < -0.4 is 10.1 Å². The number of rotatable bonds is 5. The van der Waals surface area contributed by atoms with E-state index in [4.69, 9.17) is 9.26 Å². The molecule has 0 radical (unpaired) electrons. The van der Waals surface area contributed by atoms with E-state index in [-0.39, 0.29) is 18.5 Å². The lowest BCUT2D eigenvalue weighted by atomic mass is 10.1. The van der Waals surface area contributed by atoms with Crippen molar-refractivity contribution < 1.29 is 14.1 Å². The number of carbonyl (C=O) groups is 1. The predicted octanol–water partition coefficient (Wildman–Crippen LogP) is 3.37. The zero-order valence-corrected chi connectivity index (χ0v) is 13.4. The number of nitrogens with one attached hydrogen (secondary N) is 1. The molecule has 6 heteroatoms. The van der Waals surface area contributed by atoms with Crippen LogP contribution in [0.15, 0.2) is 53.1 Å². The first kappa shape index (κ1) is 15.7. The first-order valence-corrected chi connectivity index (χ1v) is 7.51. The summed E-state index contributed by atoms with van der Waals surface area (Å²) in [5.74, 6) is 0.787. The monoisotopic (exact) mass is 323 g/mol. The largest absolute Gasteiger partial charge is 0.483 e. The number of amides is 1. The van der Waals surface area contributed by atoms with Gasteiger partial charge in [0.15, 0.2) is 6.61 Å². The van der Waals surface area contributed by atoms with Crippen LogP contribution in [0.1, 0.15) is 11.1 Å². The molecule has 6 nitrogen and oxygen atoms in total. The third-order valence-corrected chi connectivity index (χ3v) is 3.39. The number of hydrogen-bond donors (Lipinski definition) is 1. The average molecular weight is 323 g/mol. The van der Waals surface area contributed by atoms with Crippen molar-refractivity contribution in [3.63, 3.8) is 0 Å². The van der Waals surface area contributed by atoms with Crippen molar-refractivity contribution >= 4 is 11.9 Å². The van der Waals surface area contributed by atoms with Gasteiger partial charge in [0.1, 0.15) is 5.75 Å². The van der Waals surface area contributed by atoms with Gasteiger partial charge in [-0.05, 0) is 42.8 Å². The minimum atomic E-state index is -0.352. The summed E-state index contributed by atoms with van der Waals surface area (Å²) in [4.78, 5) is 16.1. The van der Waals surface area contributed by atoms with Gasteiger partial charge in [0.05, 0.1) is 0 Å². The van der Waals surface area contributed by atoms with Gasteiger partial charge >= 0.3 is 0 Å². The molecule has 0 bridgehead atoms. The Labute approximate surface area is 139 Å². The molecule has 0 saturated carbocycles. The number of aryl methyl sites for hydroxylation is 2. The van der Waals surface area contributed by atoms with Crippen molar-refractivity contribution in [3.8, 4) is 17.2 Å². The Morgan fingerprint density at radius 2 is 2.00 bits per heavy atom. The molecular formula is C18H17N3O3. The Kier molecular flexibility index (Phi) is 4.56. The summed E-state index contributed by atoms with van der Waals surface area (Å²) in [6.45, 7) is 3.77. The number of nitrogens with zero attached hydrogens (tertiary/aromatic N) is 2. The maximum absolute atomic E-state index is 11.9. The molecule has 1 N–H and O–H groups in total. The fraction of sp³-hybridized carbons (Fsp3) is 0.167. The smallest absolute Gasteiger partial charge is 0.270 e. The minimum Gasteiger partial charge on any atom is -0.483 e. The molecule has 3 aromatic rings. The Morgan fingerprint density at radius 1 is 1.17 bits per heavy atom. The van der Waals surface area contributed by atoms with Crippen LogP contribution in [0.3, 0.4) is 0 Å². The van der Waals surface area contributed by atoms with Gasteiger partial charge in [-0.25, -0.2) is 0 Å². The highest BCUT2D eigenvalue weighted by Gasteiger charge is 2.12. The molecular weight excluding hydrogens is 306 g/mol. The van der Waals surface area contributed by atoms with Crippen LogP contribution in [0.25, 0.3) is 11.5 Å². The van der Waals surface area contributed by atoms with Gasteiger partial charge in [0.25, 0.3) is 17.7 Å². The van der Waals surface area contributed by atoms with E-state index in [2.05, 4.69) is 15.5 Å². The van der Waals surface area contributed by atoms with Crippen LogP contribution in [-0.2, 0) is 4.79 Å². The van der Waals surface area contributed by atoms with E-state index >= 15 is 0 Å². The number of benzene rings is 2. The van der Waals surface area contributed by atoms with Crippen molar-refractivity contribution in [2.75, 3.05) is 11.9 Å². The molecule has 1 heterocycles. The summed E-state index contributed by atoms with van der Waals surface area (Å²) < 4.78 is 10.7. The molecule has 0 fully saturated rings. The average Bonchev–Trinajstić information content (AvgIpc) is 3.02. The van der Waals surface area contributed by atoms with E-state index < -0.39 is 0 Å². The Hall–Kier alpha value is -3.15. The number of aromatic nitrogens is 2. The summed E-state index contributed by atoms with van der Waals surface area (Å²) >= 11 is 0. The van der Waals surface area contributed by atoms with Crippen LogP contribution in [0.4, 0.5) is 5.95 Å². The molecule has 24 heavy (non-hydrogen) atoms. The van der Waals surface area contributed by atoms with Gasteiger partial charge in [0.2, 0.25) is 0 Å². The zero-order chi connectivity index (χ0) is 16.9. The van der Waals surface area contributed by atoms with Crippen LogP contribution >= 0.6 is 0 Å². The van der Waals surface area contributed by atoms with Crippen LogP contribution in [0, 0.1) is 13.8 Å². The first-order chi connectivity index (χ1) is 11.6. The van der Waals surface area contributed by atoms with Gasteiger partial charge in [-0.2, -0.15) is 4.98 Å². The number of anilines is 1. The van der Waals surface area contributed by atoms with Gasteiger partial charge in [0, 0.05) is 5.56 Å². The van der Waals surface area contributed by atoms with Crippen molar-refractivity contribution in [1.82, 2.24) is 10.1 Å². The topological polar surface area (TPSA) is 77.2 Å². The van der Waals surface area contributed by atoms with E-state index in [1.807, 2.05) is 62.4 Å². The van der Waals surface area contributed by atoms with E-state index in [1.165, 1.54) is 0 Å². The fourth-order valence-corrected chi connectivity index (χ4v) is 2.19. The molecule has 0 atom stereocenters. The second-order valence-electron chi connectivity index (χ2n) is 5.39. The summed E-state index contributed by atoms with van der Waals surface area (Å²) in [7, 11) is 0. The normalized spacial score (nSPS) is 10.4. The number of ether oxygens (including phenoxy) is 1. The maximum atomic E-state index is 11.9. The van der Waals surface area contributed by atoms with Gasteiger partial charge in [-0.3, -0.25) is 10.1 Å². The van der Waals surface area contributed by atoms with E-state index in [0.29, 0.717) is 11.6 Å². The molecule has 0 aliphatic heterocycles. The first-order valence-electron chi connectivity index (χ1n) is 7.51. The third-order valence-electron chi connectivity index (χ3n) is 3.39. The number of carbonyl (C=O) groups excluding carboxylic acids is 1. The summed E-state index contributed by atoms with van der Waals surface area (Å²) in [5.41, 5.74) is 2.86. The van der Waals surface area contributed by atoms with Gasteiger partial charge in [-0.1, -0.05) is 35.9 Å². The third kappa shape index (κ3) is 3.78. The highest BCUT2D eigenvalue weighted by molar-refractivity contribution is 5.90.